The molecule has 0 amide bonds. The Morgan fingerprint density at radius 1 is 1.36 bits per heavy atom. The Labute approximate surface area is 86.4 Å². The van der Waals surface area contributed by atoms with Gasteiger partial charge in [-0.25, -0.2) is 0 Å². The Kier molecular flexibility index (Phi) is 3.75. The molecule has 76 valence electrons. The summed E-state index contributed by atoms with van der Waals surface area (Å²) in [6.45, 7) is 10.8. The maximum Gasteiger partial charge on any atom is 0.122 e. The average Bonchev–Trinajstić information content (AvgIpc) is 2.20. The zero-order valence-corrected chi connectivity index (χ0v) is 9.26. The van der Waals surface area contributed by atoms with E-state index in [9.17, 15) is 0 Å². The molecule has 0 bridgehead atoms. The highest BCUT2D eigenvalue weighted by atomic mass is 16.5. The normalized spacial score (nSPS) is 9.93. The van der Waals surface area contributed by atoms with Crippen molar-refractivity contribution in [2.45, 2.75) is 27.2 Å². The second-order valence-corrected chi connectivity index (χ2v) is 3.59. The first-order valence-electron chi connectivity index (χ1n) is 5.00. The Bertz CT molecular complexity index is 326. The molecule has 0 atom stereocenters. The third kappa shape index (κ3) is 2.63. The van der Waals surface area contributed by atoms with Crippen molar-refractivity contribution in [2.75, 3.05) is 6.61 Å². The molecule has 0 saturated heterocycles. The molecule has 1 heteroatoms. The standard InChI is InChI=1S/C13H18O/c1-5-10(2)9-14-13-8-6-7-11(3)12(13)4/h6-8H,2,5,9H2,1,3-4H3. The second kappa shape index (κ2) is 4.85. The zero-order chi connectivity index (χ0) is 10.6. The summed E-state index contributed by atoms with van der Waals surface area (Å²) in [6.07, 6.45) is 0.977. The molecule has 0 saturated carbocycles. The molecule has 0 fully saturated rings. The van der Waals surface area contributed by atoms with Gasteiger partial charge in [0.1, 0.15) is 12.4 Å². The van der Waals surface area contributed by atoms with Gasteiger partial charge in [-0.1, -0.05) is 25.6 Å². The summed E-state index contributed by atoms with van der Waals surface area (Å²) in [5.41, 5.74) is 3.62. The molecule has 0 unspecified atom stereocenters. The van der Waals surface area contributed by atoms with Gasteiger partial charge >= 0.3 is 0 Å². The SMILES string of the molecule is C=C(CC)COc1cccc(C)c1C. The van der Waals surface area contributed by atoms with Crippen LogP contribution in [-0.2, 0) is 0 Å². The summed E-state index contributed by atoms with van der Waals surface area (Å²) >= 11 is 0. The second-order valence-electron chi connectivity index (χ2n) is 3.59. The van der Waals surface area contributed by atoms with Gasteiger partial charge < -0.3 is 4.74 Å². The quantitative estimate of drug-likeness (QED) is 0.658. The summed E-state index contributed by atoms with van der Waals surface area (Å²) in [7, 11) is 0. The lowest BCUT2D eigenvalue weighted by atomic mass is 10.1. The van der Waals surface area contributed by atoms with Crippen molar-refractivity contribution >= 4 is 0 Å². The molecule has 0 spiro atoms. The molecule has 1 aromatic carbocycles. The van der Waals surface area contributed by atoms with Crippen LogP contribution in [0, 0.1) is 13.8 Å². The van der Waals surface area contributed by atoms with Crippen LogP contribution < -0.4 is 4.74 Å². The Morgan fingerprint density at radius 3 is 2.71 bits per heavy atom. The van der Waals surface area contributed by atoms with Crippen LogP contribution in [-0.4, -0.2) is 6.61 Å². The van der Waals surface area contributed by atoms with Crippen LogP contribution in [0.4, 0.5) is 0 Å². The molecular weight excluding hydrogens is 172 g/mol. The van der Waals surface area contributed by atoms with Gasteiger partial charge in [-0.15, -0.1) is 0 Å². The third-order valence-corrected chi connectivity index (χ3v) is 2.49. The fourth-order valence-corrected chi connectivity index (χ4v) is 1.16. The number of aryl methyl sites for hydroxylation is 1. The van der Waals surface area contributed by atoms with Crippen molar-refractivity contribution in [3.63, 3.8) is 0 Å². The topological polar surface area (TPSA) is 9.23 Å². The first-order chi connectivity index (χ1) is 6.65. The monoisotopic (exact) mass is 190 g/mol. The van der Waals surface area contributed by atoms with Gasteiger partial charge in [-0.05, 0) is 43.0 Å². The molecule has 1 aromatic rings. The number of ether oxygens (including phenoxy) is 1. The molecule has 0 radical (unpaired) electrons. The van der Waals surface area contributed by atoms with E-state index in [0.717, 1.165) is 17.7 Å². The molecule has 0 aliphatic heterocycles. The lowest BCUT2D eigenvalue weighted by molar-refractivity contribution is 0.346. The first kappa shape index (κ1) is 10.8. The van der Waals surface area contributed by atoms with Crippen molar-refractivity contribution in [3.05, 3.63) is 41.5 Å². The van der Waals surface area contributed by atoms with E-state index in [-0.39, 0.29) is 0 Å². The van der Waals surface area contributed by atoms with E-state index in [1.54, 1.807) is 0 Å². The molecule has 1 rings (SSSR count). The Morgan fingerprint density at radius 2 is 2.07 bits per heavy atom. The smallest absolute Gasteiger partial charge is 0.122 e. The molecule has 0 N–H and O–H groups in total. The summed E-state index contributed by atoms with van der Waals surface area (Å²) in [5.74, 6) is 0.972. The van der Waals surface area contributed by atoms with Crippen LogP contribution in [0.2, 0.25) is 0 Å². The molecule has 0 aliphatic carbocycles. The van der Waals surface area contributed by atoms with Crippen molar-refractivity contribution in [1.82, 2.24) is 0 Å². The third-order valence-electron chi connectivity index (χ3n) is 2.49. The van der Waals surface area contributed by atoms with Crippen LogP contribution in [0.25, 0.3) is 0 Å². The lowest BCUT2D eigenvalue weighted by Gasteiger charge is -2.11. The highest BCUT2D eigenvalue weighted by molar-refractivity contribution is 5.38. The molecule has 14 heavy (non-hydrogen) atoms. The number of hydrogen-bond donors (Lipinski definition) is 0. The van der Waals surface area contributed by atoms with Gasteiger partial charge in [0, 0.05) is 0 Å². The summed E-state index contributed by atoms with van der Waals surface area (Å²) in [5, 5.41) is 0. The van der Waals surface area contributed by atoms with Gasteiger partial charge in [0.15, 0.2) is 0 Å². The maximum absolute atomic E-state index is 5.67. The minimum absolute atomic E-state index is 0.626. The minimum atomic E-state index is 0.626. The van der Waals surface area contributed by atoms with E-state index in [4.69, 9.17) is 4.74 Å². The molecular formula is C13H18O. The van der Waals surface area contributed by atoms with Crippen molar-refractivity contribution < 1.29 is 4.74 Å². The summed E-state index contributed by atoms with van der Waals surface area (Å²) in [4.78, 5) is 0. The van der Waals surface area contributed by atoms with E-state index < -0.39 is 0 Å². The van der Waals surface area contributed by atoms with Gasteiger partial charge in [0.25, 0.3) is 0 Å². The van der Waals surface area contributed by atoms with Gasteiger partial charge in [0.05, 0.1) is 0 Å². The van der Waals surface area contributed by atoms with Crippen molar-refractivity contribution in [1.29, 1.82) is 0 Å². The lowest BCUT2D eigenvalue weighted by Crippen LogP contribution is -2.01. The van der Waals surface area contributed by atoms with Crippen LogP contribution in [0.15, 0.2) is 30.4 Å². The largest absolute Gasteiger partial charge is 0.489 e. The van der Waals surface area contributed by atoms with Crippen LogP contribution >= 0.6 is 0 Å². The number of hydrogen-bond acceptors (Lipinski definition) is 1. The fraction of sp³-hybridized carbons (Fsp3) is 0.385. The van der Waals surface area contributed by atoms with Gasteiger partial charge in [-0.2, -0.15) is 0 Å². The van der Waals surface area contributed by atoms with Gasteiger partial charge in [-0.3, -0.25) is 0 Å². The van der Waals surface area contributed by atoms with Crippen molar-refractivity contribution in [2.24, 2.45) is 0 Å². The minimum Gasteiger partial charge on any atom is -0.489 e. The van der Waals surface area contributed by atoms with E-state index in [0.29, 0.717) is 6.61 Å². The Hall–Kier alpha value is -1.24. The fourth-order valence-electron chi connectivity index (χ4n) is 1.16. The van der Waals surface area contributed by atoms with Crippen LogP contribution in [0.3, 0.4) is 0 Å². The van der Waals surface area contributed by atoms with E-state index >= 15 is 0 Å². The summed E-state index contributed by atoms with van der Waals surface area (Å²) < 4.78 is 5.67. The Balaban J connectivity index is 2.68. The molecule has 0 heterocycles. The van der Waals surface area contributed by atoms with Crippen molar-refractivity contribution in [3.8, 4) is 5.75 Å². The number of rotatable bonds is 4. The van der Waals surface area contributed by atoms with Crippen LogP contribution in [0.5, 0.6) is 5.75 Å². The maximum atomic E-state index is 5.67. The van der Waals surface area contributed by atoms with Crippen LogP contribution in [0.1, 0.15) is 24.5 Å². The highest BCUT2D eigenvalue weighted by Gasteiger charge is 2.01. The van der Waals surface area contributed by atoms with E-state index in [1.165, 1.54) is 11.1 Å². The predicted octanol–water partition coefficient (Wildman–Crippen LogP) is 3.65. The average molecular weight is 190 g/mol. The van der Waals surface area contributed by atoms with E-state index in [2.05, 4.69) is 33.4 Å². The number of benzene rings is 1. The summed E-state index contributed by atoms with van der Waals surface area (Å²) in [6, 6.07) is 6.12. The molecule has 0 aromatic heterocycles. The highest BCUT2D eigenvalue weighted by Crippen LogP contribution is 2.21. The zero-order valence-electron chi connectivity index (χ0n) is 9.26. The van der Waals surface area contributed by atoms with Gasteiger partial charge in [0.2, 0.25) is 0 Å². The predicted molar refractivity (Wildman–Crippen MR) is 60.8 cm³/mol. The molecule has 1 nitrogen and oxygen atoms in total. The molecule has 0 aliphatic rings. The van der Waals surface area contributed by atoms with E-state index in [1.807, 2.05) is 12.1 Å². The first-order valence-corrected chi connectivity index (χ1v) is 5.00.